The molecule has 0 bridgehead atoms. The normalized spacial score (nSPS) is 16.5. The van der Waals surface area contributed by atoms with Crippen molar-refractivity contribution in [1.82, 2.24) is 8.28 Å². The van der Waals surface area contributed by atoms with E-state index in [-0.39, 0.29) is 28.1 Å². The number of hydrogen-bond donors (Lipinski definition) is 1. The van der Waals surface area contributed by atoms with Crippen LogP contribution in [0.25, 0.3) is 0 Å². The van der Waals surface area contributed by atoms with Crippen LogP contribution in [0, 0.1) is 13.8 Å². The first-order chi connectivity index (χ1) is 18.6. The average molecular weight is 583 g/mol. The number of aliphatic hydroxyl groups is 1. The Morgan fingerprint density at radius 1 is 0.821 bits per heavy atom. The maximum Gasteiger partial charge on any atom is 0.267 e. The number of rotatable bonds is 7. The molecule has 0 radical (unpaired) electrons. The zero-order valence-electron chi connectivity index (χ0n) is 21.7. The molecule has 39 heavy (non-hydrogen) atoms. The lowest BCUT2D eigenvalue weighted by molar-refractivity contribution is 0.279. The van der Waals surface area contributed by atoms with E-state index in [2.05, 4.69) is 0 Å². The van der Waals surface area contributed by atoms with E-state index in [4.69, 9.17) is 0 Å². The molecule has 7 nitrogen and oxygen atoms in total. The Morgan fingerprint density at radius 3 is 1.95 bits per heavy atom. The number of thioether (sulfide) groups is 1. The van der Waals surface area contributed by atoms with Crippen molar-refractivity contribution in [3.05, 3.63) is 113 Å². The summed E-state index contributed by atoms with van der Waals surface area (Å²) in [6, 6.07) is 23.0. The smallest absolute Gasteiger partial charge is 0.267 e. The Labute approximate surface area is 234 Å². The molecule has 0 saturated heterocycles. The van der Waals surface area contributed by atoms with Gasteiger partial charge in [0.1, 0.15) is 0 Å². The van der Waals surface area contributed by atoms with Crippen molar-refractivity contribution in [3.8, 4) is 0 Å². The average Bonchev–Trinajstić information content (AvgIpc) is 3.15. The largest absolute Gasteiger partial charge is 0.392 e. The summed E-state index contributed by atoms with van der Waals surface area (Å²) in [7, 11) is -7.88. The monoisotopic (exact) mass is 582 g/mol. The highest BCUT2D eigenvalue weighted by atomic mass is 32.2. The first kappa shape index (κ1) is 27.7. The first-order valence-corrected chi connectivity index (χ1v) is 16.3. The lowest BCUT2D eigenvalue weighted by Crippen LogP contribution is -2.35. The number of fused-ring (bicyclic) bond motifs is 1. The van der Waals surface area contributed by atoms with Gasteiger partial charge in [0.15, 0.2) is 0 Å². The molecule has 1 aliphatic heterocycles. The number of aromatic nitrogens is 1. The van der Waals surface area contributed by atoms with Crippen molar-refractivity contribution in [2.75, 3.05) is 6.54 Å². The minimum atomic E-state index is -3.98. The Kier molecular flexibility index (Phi) is 7.76. The van der Waals surface area contributed by atoms with Crippen LogP contribution in [0.15, 0.2) is 99.7 Å². The molecule has 3 aromatic carbocycles. The fourth-order valence-electron chi connectivity index (χ4n) is 4.76. The molecule has 0 aliphatic carbocycles. The summed E-state index contributed by atoms with van der Waals surface area (Å²) in [5.41, 5.74) is 3.31. The van der Waals surface area contributed by atoms with Crippen LogP contribution in [0.3, 0.4) is 0 Å². The van der Waals surface area contributed by atoms with Gasteiger partial charge in [0, 0.05) is 47.1 Å². The van der Waals surface area contributed by atoms with E-state index in [0.717, 1.165) is 16.0 Å². The summed E-state index contributed by atoms with van der Waals surface area (Å²) in [4.78, 5) is 1.27. The second-order valence-electron chi connectivity index (χ2n) is 9.72. The number of nitrogens with zero attached hydrogens (tertiary/aromatic N) is 2. The molecule has 5 rings (SSSR count). The van der Waals surface area contributed by atoms with Crippen LogP contribution in [0.2, 0.25) is 0 Å². The van der Waals surface area contributed by atoms with Gasteiger partial charge in [-0.05, 0) is 55.8 Å². The number of benzene rings is 3. The van der Waals surface area contributed by atoms with Gasteiger partial charge in [-0.15, -0.1) is 11.8 Å². The van der Waals surface area contributed by atoms with Gasteiger partial charge in [0.2, 0.25) is 10.0 Å². The second-order valence-corrected chi connectivity index (χ2v) is 14.8. The number of aryl methyl sites for hydroxylation is 2. The molecule has 2 heterocycles. The maximum atomic E-state index is 13.8. The standard InChI is InChI=1S/C29H30N2O5S3/c1-21-8-12-26(13-9-21)38(33,34)30-18-25(37-24-6-4-3-5-7-24)16-29-28(19-30)23(20-32)17-31(29)39(35,36)27-14-10-22(2)11-15-27/h3-15,17,25,32H,16,18-20H2,1-2H3/t25-/m0/s1. The predicted octanol–water partition coefficient (Wildman–Crippen LogP) is 4.74. The van der Waals surface area contributed by atoms with Crippen molar-refractivity contribution < 1.29 is 21.9 Å². The second kappa shape index (κ2) is 10.9. The first-order valence-electron chi connectivity index (χ1n) is 12.5. The molecule has 10 heteroatoms. The van der Waals surface area contributed by atoms with Crippen molar-refractivity contribution in [2.24, 2.45) is 0 Å². The molecule has 0 amide bonds. The van der Waals surface area contributed by atoms with Gasteiger partial charge < -0.3 is 5.11 Å². The van der Waals surface area contributed by atoms with E-state index in [0.29, 0.717) is 23.2 Å². The molecule has 204 valence electrons. The van der Waals surface area contributed by atoms with Gasteiger partial charge in [-0.3, -0.25) is 0 Å². The third kappa shape index (κ3) is 5.57. The van der Waals surface area contributed by atoms with Gasteiger partial charge in [0.05, 0.1) is 16.4 Å². The van der Waals surface area contributed by atoms with Gasteiger partial charge in [-0.2, -0.15) is 4.31 Å². The lowest BCUT2D eigenvalue weighted by atomic mass is 10.1. The molecule has 0 unspecified atom stereocenters. The molecule has 1 atom stereocenters. The van der Waals surface area contributed by atoms with Crippen LogP contribution in [-0.4, -0.2) is 42.0 Å². The third-order valence-corrected chi connectivity index (χ3v) is 11.6. The minimum absolute atomic E-state index is 0.0380. The van der Waals surface area contributed by atoms with E-state index >= 15 is 0 Å². The fourth-order valence-corrected chi connectivity index (χ4v) is 8.95. The molecule has 1 N–H and O–H groups in total. The van der Waals surface area contributed by atoms with Crippen LogP contribution in [0.1, 0.15) is 27.9 Å². The minimum Gasteiger partial charge on any atom is -0.392 e. The Balaban J connectivity index is 1.64. The van der Waals surface area contributed by atoms with Gasteiger partial charge in [0.25, 0.3) is 10.0 Å². The van der Waals surface area contributed by atoms with E-state index < -0.39 is 26.7 Å². The molecular formula is C29H30N2O5S3. The van der Waals surface area contributed by atoms with Gasteiger partial charge >= 0.3 is 0 Å². The van der Waals surface area contributed by atoms with Crippen LogP contribution in [0.4, 0.5) is 0 Å². The fraction of sp³-hybridized carbons (Fsp3) is 0.241. The highest BCUT2D eigenvalue weighted by molar-refractivity contribution is 8.00. The van der Waals surface area contributed by atoms with E-state index in [1.807, 2.05) is 44.2 Å². The molecule has 0 fully saturated rings. The molecule has 4 aromatic rings. The third-order valence-electron chi connectivity index (χ3n) is 6.89. The summed E-state index contributed by atoms with van der Waals surface area (Å²) in [6.45, 7) is 3.51. The maximum absolute atomic E-state index is 13.8. The van der Waals surface area contributed by atoms with E-state index in [1.165, 1.54) is 26.2 Å². The zero-order valence-corrected chi connectivity index (χ0v) is 24.1. The molecular weight excluding hydrogens is 553 g/mol. The van der Waals surface area contributed by atoms with Crippen molar-refractivity contribution >= 4 is 31.8 Å². The number of sulfonamides is 1. The molecule has 0 saturated carbocycles. The van der Waals surface area contributed by atoms with Crippen LogP contribution < -0.4 is 0 Å². The lowest BCUT2D eigenvalue weighted by Gasteiger charge is -2.24. The predicted molar refractivity (Wildman–Crippen MR) is 153 cm³/mol. The quantitative estimate of drug-likeness (QED) is 0.338. The zero-order chi connectivity index (χ0) is 27.8. The summed E-state index contributed by atoms with van der Waals surface area (Å²) in [5, 5.41) is 9.95. The van der Waals surface area contributed by atoms with Crippen LogP contribution >= 0.6 is 11.8 Å². The Morgan fingerprint density at radius 2 is 1.38 bits per heavy atom. The SMILES string of the molecule is Cc1ccc(S(=O)(=O)N2Cc3c(CO)cn(S(=O)(=O)c4ccc(C)cc4)c3C[C@H](Sc3ccccc3)C2)cc1. The summed E-state index contributed by atoms with van der Waals surface area (Å²) >= 11 is 1.52. The Hall–Kier alpha value is -2.89. The highest BCUT2D eigenvalue weighted by Gasteiger charge is 2.36. The van der Waals surface area contributed by atoms with Crippen LogP contribution in [0.5, 0.6) is 0 Å². The van der Waals surface area contributed by atoms with Gasteiger partial charge in [-0.25, -0.2) is 20.8 Å². The molecule has 1 aromatic heterocycles. The van der Waals surface area contributed by atoms with E-state index in [9.17, 15) is 21.9 Å². The van der Waals surface area contributed by atoms with E-state index in [1.54, 1.807) is 48.5 Å². The highest BCUT2D eigenvalue weighted by Crippen LogP contribution is 2.36. The number of hydrogen-bond acceptors (Lipinski definition) is 6. The van der Waals surface area contributed by atoms with Crippen molar-refractivity contribution in [2.45, 2.75) is 53.4 Å². The van der Waals surface area contributed by atoms with Gasteiger partial charge in [-0.1, -0.05) is 53.6 Å². The molecule has 1 aliphatic rings. The van der Waals surface area contributed by atoms with Crippen molar-refractivity contribution in [3.63, 3.8) is 0 Å². The topological polar surface area (TPSA) is 96.7 Å². The van der Waals surface area contributed by atoms with Crippen LogP contribution in [-0.2, 0) is 39.6 Å². The van der Waals surface area contributed by atoms with Crippen molar-refractivity contribution in [1.29, 1.82) is 0 Å². The summed E-state index contributed by atoms with van der Waals surface area (Å²) in [5.74, 6) is 0. The summed E-state index contributed by atoms with van der Waals surface area (Å²) < 4.78 is 57.9. The Bertz CT molecular complexity index is 1680. The number of aliphatic hydroxyl groups excluding tert-OH is 1. The summed E-state index contributed by atoms with van der Waals surface area (Å²) in [6.07, 6.45) is 1.74. The molecule has 0 spiro atoms.